The summed E-state index contributed by atoms with van der Waals surface area (Å²) in [5.74, 6) is 0. The van der Waals surface area contributed by atoms with E-state index in [0.29, 0.717) is 6.04 Å². The molecular weight excluding hydrogens is 346 g/mol. The molecule has 1 aliphatic heterocycles. The molecular formula is C13H17Br2NO. The van der Waals surface area contributed by atoms with E-state index in [9.17, 15) is 0 Å². The van der Waals surface area contributed by atoms with Gasteiger partial charge >= 0.3 is 0 Å². The van der Waals surface area contributed by atoms with Crippen molar-refractivity contribution in [2.45, 2.75) is 32.2 Å². The van der Waals surface area contributed by atoms with Crippen LogP contribution in [0.1, 0.15) is 24.8 Å². The average molecular weight is 363 g/mol. The number of hydrogen-bond donors (Lipinski definition) is 1. The Morgan fingerprint density at radius 1 is 1.18 bits per heavy atom. The Bertz CT molecular complexity index is 364. The first-order valence-corrected chi connectivity index (χ1v) is 7.55. The van der Waals surface area contributed by atoms with Gasteiger partial charge in [-0.05, 0) is 75.7 Å². The van der Waals surface area contributed by atoms with Crippen molar-refractivity contribution in [2.24, 2.45) is 0 Å². The summed E-state index contributed by atoms with van der Waals surface area (Å²) in [5, 5.41) is 3.61. The van der Waals surface area contributed by atoms with Crippen molar-refractivity contribution in [3.05, 3.63) is 26.6 Å². The molecule has 1 aromatic rings. The molecule has 0 spiro atoms. The zero-order chi connectivity index (χ0) is 12.3. The third-order valence-corrected chi connectivity index (χ3v) is 4.24. The van der Waals surface area contributed by atoms with Gasteiger partial charge in [0.1, 0.15) is 0 Å². The maximum Gasteiger partial charge on any atom is 0.0631 e. The summed E-state index contributed by atoms with van der Waals surface area (Å²) in [7, 11) is 0. The lowest BCUT2D eigenvalue weighted by atomic mass is 10.1. The maximum absolute atomic E-state index is 5.48. The zero-order valence-electron chi connectivity index (χ0n) is 9.93. The Kier molecular flexibility index (Phi) is 4.88. The predicted molar refractivity (Wildman–Crippen MR) is 78.7 cm³/mol. The van der Waals surface area contributed by atoms with E-state index in [-0.39, 0.29) is 0 Å². The number of aryl methyl sites for hydroxylation is 1. The first-order chi connectivity index (χ1) is 8.16. The van der Waals surface area contributed by atoms with Crippen LogP contribution in [0.5, 0.6) is 0 Å². The molecule has 0 bridgehead atoms. The molecule has 0 aromatic heterocycles. The average Bonchev–Trinajstić information content (AvgIpc) is 2.51. The Balaban J connectivity index is 2.11. The van der Waals surface area contributed by atoms with E-state index in [1.807, 2.05) is 0 Å². The van der Waals surface area contributed by atoms with Crippen molar-refractivity contribution in [1.29, 1.82) is 0 Å². The molecule has 2 nitrogen and oxygen atoms in total. The molecule has 1 fully saturated rings. The van der Waals surface area contributed by atoms with Crippen LogP contribution in [0, 0.1) is 6.92 Å². The van der Waals surface area contributed by atoms with E-state index >= 15 is 0 Å². The van der Waals surface area contributed by atoms with Gasteiger partial charge in [0.15, 0.2) is 0 Å². The number of nitrogens with one attached hydrogen (secondary N) is 1. The third-order valence-electron chi connectivity index (χ3n) is 2.99. The molecule has 1 atom stereocenters. The van der Waals surface area contributed by atoms with Gasteiger partial charge in [-0.2, -0.15) is 0 Å². The molecule has 0 amide bonds. The van der Waals surface area contributed by atoms with Crippen LogP contribution in [0.2, 0.25) is 0 Å². The zero-order valence-corrected chi connectivity index (χ0v) is 13.1. The minimum atomic E-state index is 0.507. The molecule has 17 heavy (non-hydrogen) atoms. The van der Waals surface area contributed by atoms with Crippen LogP contribution in [0.25, 0.3) is 0 Å². The van der Waals surface area contributed by atoms with Crippen LogP contribution in [0.15, 0.2) is 21.1 Å². The molecule has 1 aliphatic rings. The minimum Gasteiger partial charge on any atom is -0.381 e. The fraction of sp³-hybridized carbons (Fsp3) is 0.538. The Morgan fingerprint density at radius 3 is 2.59 bits per heavy atom. The number of benzene rings is 1. The third kappa shape index (κ3) is 3.70. The predicted octanol–water partition coefficient (Wildman–Crippen LogP) is 4.50. The van der Waals surface area contributed by atoms with Crippen LogP contribution in [-0.2, 0) is 4.74 Å². The van der Waals surface area contributed by atoms with Gasteiger partial charge in [0.2, 0.25) is 0 Å². The molecule has 1 saturated heterocycles. The van der Waals surface area contributed by atoms with Crippen LogP contribution < -0.4 is 5.32 Å². The van der Waals surface area contributed by atoms with E-state index < -0.39 is 0 Å². The highest BCUT2D eigenvalue weighted by atomic mass is 79.9. The van der Waals surface area contributed by atoms with Gasteiger partial charge in [0.05, 0.1) is 5.69 Å². The second-order valence-corrected chi connectivity index (χ2v) is 6.20. The molecule has 0 radical (unpaired) electrons. The van der Waals surface area contributed by atoms with Crippen LogP contribution in [0.3, 0.4) is 0 Å². The number of rotatable bonds is 2. The first kappa shape index (κ1) is 13.4. The van der Waals surface area contributed by atoms with Gasteiger partial charge in [-0.15, -0.1) is 0 Å². The molecule has 0 saturated carbocycles. The lowest BCUT2D eigenvalue weighted by Crippen LogP contribution is -2.20. The van der Waals surface area contributed by atoms with E-state index in [2.05, 4.69) is 56.2 Å². The molecule has 4 heteroatoms. The van der Waals surface area contributed by atoms with E-state index in [4.69, 9.17) is 4.74 Å². The van der Waals surface area contributed by atoms with Crippen molar-refractivity contribution in [3.63, 3.8) is 0 Å². The van der Waals surface area contributed by atoms with Crippen LogP contribution in [-0.4, -0.2) is 19.3 Å². The summed E-state index contributed by atoms with van der Waals surface area (Å²) in [6.45, 7) is 3.85. The van der Waals surface area contributed by atoms with Crippen LogP contribution in [0.4, 0.5) is 5.69 Å². The van der Waals surface area contributed by atoms with Crippen molar-refractivity contribution in [1.82, 2.24) is 0 Å². The van der Waals surface area contributed by atoms with Gasteiger partial charge in [0.25, 0.3) is 0 Å². The minimum absolute atomic E-state index is 0.507. The number of halogens is 2. The maximum atomic E-state index is 5.48. The molecule has 2 rings (SSSR count). The monoisotopic (exact) mass is 361 g/mol. The Labute approximate surface area is 119 Å². The number of ether oxygens (including phenoxy) is 1. The topological polar surface area (TPSA) is 21.3 Å². The van der Waals surface area contributed by atoms with Crippen molar-refractivity contribution in [3.8, 4) is 0 Å². The van der Waals surface area contributed by atoms with Crippen molar-refractivity contribution in [2.75, 3.05) is 18.5 Å². The second-order valence-electron chi connectivity index (χ2n) is 4.49. The lowest BCUT2D eigenvalue weighted by Gasteiger charge is -2.19. The fourth-order valence-electron chi connectivity index (χ4n) is 2.09. The summed E-state index contributed by atoms with van der Waals surface area (Å²) in [4.78, 5) is 0. The normalized spacial score (nSPS) is 21.0. The Morgan fingerprint density at radius 2 is 1.88 bits per heavy atom. The van der Waals surface area contributed by atoms with Gasteiger partial charge in [-0.3, -0.25) is 0 Å². The highest BCUT2D eigenvalue weighted by Gasteiger charge is 2.15. The molecule has 1 N–H and O–H groups in total. The molecule has 0 aliphatic carbocycles. The molecule has 1 aromatic carbocycles. The first-order valence-electron chi connectivity index (χ1n) is 5.97. The smallest absolute Gasteiger partial charge is 0.0631 e. The van der Waals surface area contributed by atoms with Crippen molar-refractivity contribution >= 4 is 37.5 Å². The SMILES string of the molecule is Cc1cc(Br)c(NC2CCCOCC2)c(Br)c1. The Hall–Kier alpha value is -0.0600. The van der Waals surface area contributed by atoms with Gasteiger partial charge < -0.3 is 10.1 Å². The molecule has 1 unspecified atom stereocenters. The standard InChI is InChI=1S/C13H17Br2NO/c1-9-7-11(14)13(12(15)8-9)16-10-3-2-5-17-6-4-10/h7-8,10,16H,2-6H2,1H3. The largest absolute Gasteiger partial charge is 0.381 e. The number of anilines is 1. The fourth-order valence-corrected chi connectivity index (χ4v) is 3.73. The summed E-state index contributed by atoms with van der Waals surface area (Å²) in [6, 6.07) is 4.79. The summed E-state index contributed by atoms with van der Waals surface area (Å²) in [6.07, 6.45) is 3.39. The molecule has 94 valence electrons. The van der Waals surface area contributed by atoms with Gasteiger partial charge in [0, 0.05) is 28.2 Å². The van der Waals surface area contributed by atoms with E-state index in [1.54, 1.807) is 0 Å². The van der Waals surface area contributed by atoms with Gasteiger partial charge in [-0.1, -0.05) is 0 Å². The van der Waals surface area contributed by atoms with Crippen LogP contribution >= 0.6 is 31.9 Å². The summed E-state index contributed by atoms with van der Waals surface area (Å²) < 4.78 is 7.72. The quantitative estimate of drug-likeness (QED) is 0.836. The van der Waals surface area contributed by atoms with E-state index in [1.165, 1.54) is 12.0 Å². The highest BCUT2D eigenvalue weighted by Crippen LogP contribution is 2.33. The number of hydrogen-bond acceptors (Lipinski definition) is 2. The molecule has 1 heterocycles. The lowest BCUT2D eigenvalue weighted by molar-refractivity contribution is 0.144. The van der Waals surface area contributed by atoms with Gasteiger partial charge in [-0.25, -0.2) is 0 Å². The van der Waals surface area contributed by atoms with Crippen molar-refractivity contribution < 1.29 is 4.74 Å². The highest BCUT2D eigenvalue weighted by molar-refractivity contribution is 9.11. The van der Waals surface area contributed by atoms with E-state index in [0.717, 1.165) is 40.7 Å². The summed E-state index contributed by atoms with van der Waals surface area (Å²) in [5.41, 5.74) is 2.40. The second kappa shape index (κ2) is 6.21. The summed E-state index contributed by atoms with van der Waals surface area (Å²) >= 11 is 7.24.